The largest absolute Gasteiger partial charge is 1.00 e. The first-order valence-electron chi connectivity index (χ1n) is 2.39. The van der Waals surface area contributed by atoms with Gasteiger partial charge in [0.1, 0.15) is 11.7 Å². The van der Waals surface area contributed by atoms with E-state index in [1.54, 1.807) is 6.92 Å². The van der Waals surface area contributed by atoms with Crippen LogP contribution in [-0.2, 0) is 26.2 Å². The van der Waals surface area contributed by atoms with Crippen molar-refractivity contribution < 1.29 is 74.5 Å². The van der Waals surface area contributed by atoms with E-state index >= 15 is 0 Å². The molecule has 0 bridgehead atoms. The van der Waals surface area contributed by atoms with Gasteiger partial charge in [-0.3, -0.25) is 4.99 Å². The van der Waals surface area contributed by atoms with Crippen LogP contribution in [-0.4, -0.2) is 14.3 Å². The van der Waals surface area contributed by atoms with Crippen LogP contribution in [0.15, 0.2) is 11.8 Å². The fourth-order valence-electron chi connectivity index (χ4n) is 0.338. The van der Waals surface area contributed by atoms with Gasteiger partial charge in [0.05, 0.1) is 0 Å². The Balaban J connectivity index is 0. The standard InChI is InChI=1S/C4H5NO3.K.O2S/c1-3-2-4(6)5-8-7-3;;1-3-2/h2H,1H3,(H,5,6);;/q;+1;/p-1. The Hall–Kier alpha value is 0.426. The van der Waals surface area contributed by atoms with Crippen LogP contribution >= 0.6 is 0 Å². The first-order chi connectivity index (χ1) is 5.20. The fraction of sp³-hybridized carbons (Fsp3) is 0.250. The molecule has 1 aliphatic heterocycles. The van der Waals surface area contributed by atoms with Crippen molar-refractivity contribution in [3.05, 3.63) is 17.3 Å². The van der Waals surface area contributed by atoms with Crippen molar-refractivity contribution in [3.8, 4) is 0 Å². The Morgan fingerprint density at radius 2 is 2.00 bits per heavy atom. The molecule has 0 N–H and O–H groups in total. The maximum absolute atomic E-state index is 10.2. The van der Waals surface area contributed by atoms with E-state index in [2.05, 4.69) is 15.4 Å². The van der Waals surface area contributed by atoms with E-state index in [9.17, 15) is 4.79 Å². The van der Waals surface area contributed by atoms with Gasteiger partial charge in [-0.2, -0.15) is 8.42 Å². The van der Waals surface area contributed by atoms with Gasteiger partial charge in [0, 0.05) is 6.08 Å². The van der Waals surface area contributed by atoms with Crippen LogP contribution in [0, 0.1) is 0 Å². The minimum Gasteiger partial charge on any atom is -0.483 e. The van der Waals surface area contributed by atoms with Crippen LogP contribution < -0.4 is 51.4 Å². The van der Waals surface area contributed by atoms with Gasteiger partial charge in [-0.15, -0.1) is 0 Å². The van der Waals surface area contributed by atoms with Crippen LogP contribution in [0.4, 0.5) is 0 Å². The van der Waals surface area contributed by atoms with Crippen LogP contribution in [0.2, 0.25) is 0 Å². The average molecular weight is 217 g/mol. The Bertz CT molecular complexity index is 211. The Morgan fingerprint density at radius 1 is 1.50 bits per heavy atom. The summed E-state index contributed by atoms with van der Waals surface area (Å²) >= 11 is -0.750. The molecule has 62 valence electrons. The zero-order chi connectivity index (χ0) is 8.69. The third kappa shape index (κ3) is 8.52. The molecule has 0 saturated carbocycles. The van der Waals surface area contributed by atoms with Gasteiger partial charge >= 0.3 is 63.0 Å². The second-order valence-electron chi connectivity index (χ2n) is 1.41. The third-order valence-corrected chi connectivity index (χ3v) is 0.623. The number of amides is 1. The summed E-state index contributed by atoms with van der Waals surface area (Å²) in [7, 11) is 0. The van der Waals surface area contributed by atoms with E-state index < -0.39 is 17.5 Å². The molecule has 8 heteroatoms. The first kappa shape index (κ1) is 14.9. The molecule has 1 heterocycles. The number of hydrogen-bond acceptors (Lipinski definition) is 5. The van der Waals surface area contributed by atoms with Gasteiger partial charge in [-0.05, 0) is 6.92 Å². The Morgan fingerprint density at radius 3 is 2.25 bits per heavy atom. The molecule has 0 saturated heterocycles. The maximum atomic E-state index is 10.2. The van der Waals surface area contributed by atoms with Crippen molar-refractivity contribution in [3.63, 3.8) is 0 Å². The smallest absolute Gasteiger partial charge is 0.483 e. The molecule has 0 radical (unpaired) electrons. The average Bonchev–Trinajstić information content (AvgIpc) is 1.88. The van der Waals surface area contributed by atoms with Crippen molar-refractivity contribution >= 4 is 17.5 Å². The molecule has 0 aliphatic carbocycles. The molecule has 0 aromatic rings. The summed E-state index contributed by atoms with van der Waals surface area (Å²) < 4.78 is 16.6. The van der Waals surface area contributed by atoms with Gasteiger partial charge in [0.25, 0.3) is 0 Å². The molecule has 0 atom stereocenters. The molecule has 0 fully saturated rings. The van der Waals surface area contributed by atoms with E-state index in [-0.39, 0.29) is 51.4 Å². The minimum absolute atomic E-state index is 0. The number of hydrogen-bond donors (Lipinski definition) is 0. The van der Waals surface area contributed by atoms with Gasteiger partial charge in [0.15, 0.2) is 0 Å². The second kappa shape index (κ2) is 9.51. The number of allylic oxidation sites excluding steroid dienone is 1. The molecule has 12 heavy (non-hydrogen) atoms. The first-order valence-corrected chi connectivity index (χ1v) is 3.06. The van der Waals surface area contributed by atoms with Gasteiger partial charge in [0.2, 0.25) is 0 Å². The number of carbonyl (C=O) groups is 1. The van der Waals surface area contributed by atoms with Crippen LogP contribution in [0.3, 0.4) is 0 Å². The molecular formula is C4H4KNO5S. The molecular weight excluding hydrogens is 213 g/mol. The normalized spacial score (nSPS) is 13.4. The van der Waals surface area contributed by atoms with Crippen molar-refractivity contribution in [2.45, 2.75) is 6.92 Å². The maximum Gasteiger partial charge on any atom is 1.00 e. The molecule has 0 spiro atoms. The summed E-state index contributed by atoms with van der Waals surface area (Å²) in [6.45, 7) is 1.60. The van der Waals surface area contributed by atoms with Crippen molar-refractivity contribution in [2.75, 3.05) is 0 Å². The SMILES string of the molecule is CC1=CC(=O)[N-]OO1.O=S=O.[K+]. The summed E-state index contributed by atoms with van der Waals surface area (Å²) in [6, 6.07) is 0. The number of carbonyl (C=O) groups excluding carboxylic acids is 1. The predicted octanol–water partition coefficient (Wildman–Crippen LogP) is -3.00. The van der Waals surface area contributed by atoms with Crippen LogP contribution in [0.1, 0.15) is 6.92 Å². The summed E-state index contributed by atoms with van der Waals surface area (Å²) in [5.41, 5.74) is 2.94. The third-order valence-electron chi connectivity index (χ3n) is 0.623. The van der Waals surface area contributed by atoms with Crippen molar-refractivity contribution in [1.82, 2.24) is 0 Å². The zero-order valence-corrected chi connectivity index (χ0v) is 10.4. The zero-order valence-electron chi connectivity index (χ0n) is 6.47. The minimum atomic E-state index is -0.750. The molecule has 0 aromatic carbocycles. The predicted molar refractivity (Wildman–Crippen MR) is 33.2 cm³/mol. The molecule has 1 aliphatic rings. The van der Waals surface area contributed by atoms with Crippen LogP contribution in [0.25, 0.3) is 5.48 Å². The molecule has 0 unspecified atom stereocenters. The van der Waals surface area contributed by atoms with Gasteiger partial charge in [-0.1, -0.05) is 0 Å². The molecule has 1 rings (SSSR count). The Labute approximate surface area is 115 Å². The summed E-state index contributed by atoms with van der Waals surface area (Å²) in [5.74, 6) is -0.00116. The topological polar surface area (TPSA) is 83.8 Å². The number of rotatable bonds is 0. The molecule has 6 nitrogen and oxygen atoms in total. The van der Waals surface area contributed by atoms with Gasteiger partial charge in [-0.25, -0.2) is 0 Å². The number of nitrogens with zero attached hydrogens (tertiary/aromatic N) is 1. The van der Waals surface area contributed by atoms with Crippen LogP contribution in [0.5, 0.6) is 0 Å². The van der Waals surface area contributed by atoms with E-state index in [0.29, 0.717) is 5.76 Å². The summed E-state index contributed by atoms with van der Waals surface area (Å²) in [4.78, 5) is 18.5. The summed E-state index contributed by atoms with van der Waals surface area (Å²) in [5, 5.41) is 0. The van der Waals surface area contributed by atoms with E-state index in [4.69, 9.17) is 8.42 Å². The monoisotopic (exact) mass is 217 g/mol. The van der Waals surface area contributed by atoms with E-state index in [1.807, 2.05) is 0 Å². The molecule has 1 amide bonds. The summed E-state index contributed by atoms with van der Waals surface area (Å²) in [6.07, 6.45) is 1.24. The second-order valence-corrected chi connectivity index (χ2v) is 1.55. The molecule has 0 aromatic heterocycles. The quantitative estimate of drug-likeness (QED) is 0.319. The van der Waals surface area contributed by atoms with E-state index in [0.717, 1.165) is 0 Å². The fourth-order valence-corrected chi connectivity index (χ4v) is 0.338. The van der Waals surface area contributed by atoms with E-state index in [1.165, 1.54) is 6.08 Å². The van der Waals surface area contributed by atoms with Gasteiger partial charge < -0.3 is 15.2 Å². The number of hydroxylamine groups is 1. The van der Waals surface area contributed by atoms with Crippen molar-refractivity contribution in [1.29, 1.82) is 0 Å². The Kier molecular flexibility index (Phi) is 11.8. The van der Waals surface area contributed by atoms with Crippen molar-refractivity contribution in [2.24, 2.45) is 0 Å².